The first-order valence-electron chi connectivity index (χ1n) is 13.6. The molecule has 2 heterocycles. The minimum atomic E-state index is 0.943. The molecular weight excluding hydrogens is 504 g/mol. The van der Waals surface area contributed by atoms with Gasteiger partial charge in [-0.05, 0) is 72.4 Å². The summed E-state index contributed by atoms with van der Waals surface area (Å²) in [6.45, 7) is 0. The molecule has 0 bridgehead atoms. The maximum absolute atomic E-state index is 6.69. The summed E-state index contributed by atoms with van der Waals surface area (Å²) in [5.74, 6) is 0. The highest BCUT2D eigenvalue weighted by Gasteiger charge is 2.21. The summed E-state index contributed by atoms with van der Waals surface area (Å²) in [7, 11) is 0. The van der Waals surface area contributed by atoms with E-state index in [0.29, 0.717) is 0 Å². The maximum atomic E-state index is 6.69. The van der Waals surface area contributed by atoms with E-state index in [1.54, 1.807) is 11.3 Å². The number of hydrogen-bond acceptors (Lipinski definition) is 2. The lowest BCUT2D eigenvalue weighted by atomic mass is 9.84. The molecule has 7 aromatic carbocycles. The second-order valence-corrected chi connectivity index (χ2v) is 11.3. The van der Waals surface area contributed by atoms with Crippen molar-refractivity contribution in [1.29, 1.82) is 0 Å². The van der Waals surface area contributed by atoms with E-state index in [1.807, 2.05) is 0 Å². The number of fused-ring (bicyclic) bond motifs is 8. The number of benzene rings is 7. The average molecular weight is 527 g/mol. The van der Waals surface area contributed by atoms with Crippen LogP contribution < -0.4 is 0 Å². The highest BCUT2D eigenvalue weighted by Crippen LogP contribution is 2.48. The molecule has 2 heteroatoms. The molecule has 0 fully saturated rings. The summed E-state index contributed by atoms with van der Waals surface area (Å²) in [5, 5.41) is 13.3. The van der Waals surface area contributed by atoms with Gasteiger partial charge in [0.1, 0.15) is 11.2 Å². The van der Waals surface area contributed by atoms with Crippen LogP contribution in [-0.4, -0.2) is 0 Å². The highest BCUT2D eigenvalue weighted by atomic mass is 32.1. The third-order valence-corrected chi connectivity index (χ3v) is 9.29. The summed E-state index contributed by atoms with van der Waals surface area (Å²) in [4.78, 5) is 0. The SMILES string of the molecule is c1ccc2c(-c3c4ccccc4c(-c4cccc5c4oc4ccc6ccsc6c45)c4ccccc34)cccc2c1. The predicted octanol–water partition coefficient (Wildman–Crippen LogP) is 11.6. The smallest absolute Gasteiger partial charge is 0.143 e. The zero-order valence-corrected chi connectivity index (χ0v) is 22.3. The molecule has 0 N–H and O–H groups in total. The van der Waals surface area contributed by atoms with Crippen molar-refractivity contribution in [3.8, 4) is 22.3 Å². The van der Waals surface area contributed by atoms with E-state index in [4.69, 9.17) is 4.42 Å². The Morgan fingerprint density at radius 3 is 1.75 bits per heavy atom. The van der Waals surface area contributed by atoms with E-state index >= 15 is 0 Å². The van der Waals surface area contributed by atoms with Crippen LogP contribution in [0.25, 0.3) is 86.6 Å². The quantitative estimate of drug-likeness (QED) is 0.204. The Bertz CT molecular complexity index is 2380. The molecule has 0 aliphatic rings. The zero-order valence-electron chi connectivity index (χ0n) is 21.5. The Morgan fingerprint density at radius 2 is 1.00 bits per heavy atom. The lowest BCUT2D eigenvalue weighted by Crippen LogP contribution is -1.91. The second-order valence-electron chi connectivity index (χ2n) is 10.4. The van der Waals surface area contributed by atoms with Crippen LogP contribution in [0.3, 0.4) is 0 Å². The fraction of sp³-hybridized carbons (Fsp3) is 0. The summed E-state index contributed by atoms with van der Waals surface area (Å²) in [5.41, 5.74) is 6.80. The number of rotatable bonds is 2. The first-order chi connectivity index (χ1) is 19.9. The van der Waals surface area contributed by atoms with Gasteiger partial charge in [0.05, 0.1) is 0 Å². The Hall–Kier alpha value is -4.92. The number of para-hydroxylation sites is 1. The molecule has 0 atom stereocenters. The Kier molecular flexibility index (Phi) is 4.55. The van der Waals surface area contributed by atoms with E-state index in [0.717, 1.165) is 16.7 Å². The van der Waals surface area contributed by atoms with Crippen molar-refractivity contribution in [3.05, 3.63) is 133 Å². The molecule has 0 aliphatic carbocycles. The van der Waals surface area contributed by atoms with Crippen LogP contribution in [0.2, 0.25) is 0 Å². The van der Waals surface area contributed by atoms with Crippen molar-refractivity contribution >= 4 is 75.7 Å². The first-order valence-corrected chi connectivity index (χ1v) is 14.5. The minimum absolute atomic E-state index is 0.943. The van der Waals surface area contributed by atoms with Crippen LogP contribution in [-0.2, 0) is 0 Å². The number of furan rings is 1. The Labute approximate surface area is 234 Å². The van der Waals surface area contributed by atoms with Crippen LogP contribution >= 0.6 is 11.3 Å². The molecule has 1 nitrogen and oxygen atoms in total. The van der Waals surface area contributed by atoms with Gasteiger partial charge in [-0.25, -0.2) is 0 Å². The molecule has 2 aromatic heterocycles. The third kappa shape index (κ3) is 2.97. The van der Waals surface area contributed by atoms with E-state index in [9.17, 15) is 0 Å². The maximum Gasteiger partial charge on any atom is 0.143 e. The molecule has 0 unspecified atom stereocenters. The summed E-state index contributed by atoms with van der Waals surface area (Å²) < 4.78 is 7.98. The normalized spacial score (nSPS) is 12.0. The predicted molar refractivity (Wildman–Crippen MR) is 172 cm³/mol. The fourth-order valence-corrected chi connectivity index (χ4v) is 7.61. The summed E-state index contributed by atoms with van der Waals surface area (Å²) >= 11 is 1.78. The molecule has 0 saturated carbocycles. The van der Waals surface area contributed by atoms with Gasteiger partial charge >= 0.3 is 0 Å². The van der Waals surface area contributed by atoms with Crippen molar-refractivity contribution in [3.63, 3.8) is 0 Å². The lowest BCUT2D eigenvalue weighted by molar-refractivity contribution is 0.670. The molecule has 0 spiro atoms. The van der Waals surface area contributed by atoms with Gasteiger partial charge in [-0.15, -0.1) is 11.3 Å². The molecule has 0 aliphatic heterocycles. The van der Waals surface area contributed by atoms with Crippen molar-refractivity contribution in [2.24, 2.45) is 0 Å². The van der Waals surface area contributed by atoms with E-state index in [1.165, 1.54) is 69.9 Å². The van der Waals surface area contributed by atoms with Gasteiger partial charge in [0.2, 0.25) is 0 Å². The Balaban J connectivity index is 1.46. The number of thiophene rings is 1. The number of hydrogen-bond donors (Lipinski definition) is 0. The van der Waals surface area contributed by atoms with Crippen LogP contribution in [0.5, 0.6) is 0 Å². The van der Waals surface area contributed by atoms with Gasteiger partial charge in [-0.1, -0.05) is 109 Å². The largest absolute Gasteiger partial charge is 0.455 e. The topological polar surface area (TPSA) is 13.1 Å². The van der Waals surface area contributed by atoms with Crippen molar-refractivity contribution < 1.29 is 4.42 Å². The average Bonchev–Trinajstić information content (AvgIpc) is 3.64. The molecular formula is C38H22OS. The molecule has 0 saturated heterocycles. The summed E-state index contributed by atoms with van der Waals surface area (Å²) in [6, 6.07) is 46.1. The lowest BCUT2D eigenvalue weighted by Gasteiger charge is -2.18. The zero-order chi connectivity index (χ0) is 26.2. The molecule has 9 aromatic rings. The first kappa shape index (κ1) is 22.0. The van der Waals surface area contributed by atoms with Crippen LogP contribution in [0, 0.1) is 0 Å². The van der Waals surface area contributed by atoms with Gasteiger partial charge in [0.25, 0.3) is 0 Å². The molecule has 9 rings (SSSR count). The van der Waals surface area contributed by atoms with Gasteiger partial charge in [0.15, 0.2) is 0 Å². The molecule has 40 heavy (non-hydrogen) atoms. The standard InChI is InChI=1S/C38H22OS/c1-2-11-25-23(9-1)10-7-16-26(25)34-27-12-3-5-14-29(27)35(30-15-6-4-13-28(30)34)31-17-8-18-32-36-33(39-37(31)32)20-19-24-21-22-40-38(24)36/h1-22H. The van der Waals surface area contributed by atoms with Gasteiger partial charge in [-0.3, -0.25) is 0 Å². The molecule has 186 valence electrons. The second kappa shape index (κ2) is 8.29. The van der Waals surface area contributed by atoms with Crippen molar-refractivity contribution in [2.45, 2.75) is 0 Å². The summed E-state index contributed by atoms with van der Waals surface area (Å²) in [6.07, 6.45) is 0. The van der Waals surface area contributed by atoms with E-state index in [-0.39, 0.29) is 0 Å². The van der Waals surface area contributed by atoms with Gasteiger partial charge < -0.3 is 4.42 Å². The molecule has 0 radical (unpaired) electrons. The van der Waals surface area contributed by atoms with Crippen LogP contribution in [0.15, 0.2) is 137 Å². The van der Waals surface area contributed by atoms with E-state index < -0.39 is 0 Å². The highest BCUT2D eigenvalue weighted by molar-refractivity contribution is 7.18. The molecule has 0 amide bonds. The minimum Gasteiger partial charge on any atom is -0.455 e. The van der Waals surface area contributed by atoms with Crippen LogP contribution in [0.4, 0.5) is 0 Å². The van der Waals surface area contributed by atoms with Crippen molar-refractivity contribution in [2.75, 3.05) is 0 Å². The van der Waals surface area contributed by atoms with E-state index in [2.05, 4.69) is 133 Å². The van der Waals surface area contributed by atoms with Crippen molar-refractivity contribution in [1.82, 2.24) is 0 Å². The van der Waals surface area contributed by atoms with Crippen LogP contribution in [0.1, 0.15) is 0 Å². The third-order valence-electron chi connectivity index (χ3n) is 8.34. The monoisotopic (exact) mass is 526 g/mol. The van der Waals surface area contributed by atoms with Gasteiger partial charge in [0, 0.05) is 26.6 Å². The van der Waals surface area contributed by atoms with Gasteiger partial charge in [-0.2, -0.15) is 0 Å². The Morgan fingerprint density at radius 1 is 0.425 bits per heavy atom. The fourth-order valence-electron chi connectivity index (χ4n) is 6.66.